The van der Waals surface area contributed by atoms with E-state index in [0.717, 1.165) is 56.9 Å². The first-order valence-corrected chi connectivity index (χ1v) is 28.9. The Morgan fingerprint density at radius 2 is 1.57 bits per heavy atom. The van der Waals surface area contributed by atoms with Gasteiger partial charge in [-0.25, -0.2) is 4.79 Å². The Balaban J connectivity index is 0.984. The van der Waals surface area contributed by atoms with Gasteiger partial charge in [0.2, 0.25) is 0 Å². The van der Waals surface area contributed by atoms with Crippen molar-refractivity contribution in [1.29, 1.82) is 0 Å². The average molecular weight is 979 g/mol. The summed E-state index contributed by atoms with van der Waals surface area (Å²) in [6, 6.07) is 21.8. The highest BCUT2D eigenvalue weighted by atomic mass is 16.5. The molecule has 6 fully saturated rings. The molecule has 11 rings (SSSR count). The van der Waals surface area contributed by atoms with E-state index >= 15 is 0 Å². The molecule has 7 heteroatoms. The van der Waals surface area contributed by atoms with Crippen molar-refractivity contribution in [2.75, 3.05) is 6.61 Å². The summed E-state index contributed by atoms with van der Waals surface area (Å²) in [6.45, 7) is 8.41. The second kappa shape index (κ2) is 18.8. The van der Waals surface area contributed by atoms with Crippen LogP contribution < -0.4 is 0 Å². The molecule has 72 heavy (non-hydrogen) atoms. The number of carbonyl (C=O) groups is 2. The van der Waals surface area contributed by atoms with E-state index < -0.39 is 45.6 Å². The standard InChI is InChI=1S/C65H86O7/c1-45(15-13-20-47-16-7-5-8-17-47)25-33-63(69)36-35-58(3)41-54(72-46(2)66)57-59(4,31-28-55(67)65(57,63)64(58,70)34-26-49-37-56(68)71-42-49)53-27-32-60-38-50(53)21-14-22-51-40-62(43-60,44-61(51)29-11-12-30-61)52(39-60)24-23-48-18-9-6-10-19-48/h5-10,16-19,35-37,45,50-55,57,67,69-70H,11-13,15,20,22-34,38-44H2,1-4H3/t45-,50-,51+,52-,53-,54-,55+,57+,58+,59+,60-,62-,63+,64-,65+/m1/s1. The third-order valence-electron chi connectivity index (χ3n) is 22.9. The van der Waals surface area contributed by atoms with Gasteiger partial charge in [0.1, 0.15) is 12.7 Å². The largest absolute Gasteiger partial charge is 0.462 e. The number of carbonyl (C=O) groups excluding carboxylic acids is 2. The van der Waals surface area contributed by atoms with Crippen LogP contribution in [0.5, 0.6) is 0 Å². The molecule has 2 aromatic carbocycles. The van der Waals surface area contributed by atoms with Crippen LogP contribution in [-0.2, 0) is 31.9 Å². The summed E-state index contributed by atoms with van der Waals surface area (Å²) < 4.78 is 12.1. The zero-order valence-electron chi connectivity index (χ0n) is 44.3. The Labute approximate surface area is 431 Å². The minimum atomic E-state index is -1.63. The van der Waals surface area contributed by atoms with Crippen molar-refractivity contribution in [2.24, 2.45) is 68.0 Å². The van der Waals surface area contributed by atoms with Gasteiger partial charge in [-0.05, 0) is 190 Å². The maximum atomic E-state index is 14.4. The molecule has 0 aromatic heterocycles. The Morgan fingerprint density at radius 3 is 2.28 bits per heavy atom. The first-order valence-electron chi connectivity index (χ1n) is 28.9. The summed E-state index contributed by atoms with van der Waals surface area (Å²) in [7, 11) is 0. The molecule has 6 saturated carbocycles. The lowest BCUT2D eigenvalue weighted by atomic mass is 9.30. The number of aliphatic hydroxyl groups excluding tert-OH is 1. The van der Waals surface area contributed by atoms with Gasteiger partial charge in [-0.1, -0.05) is 119 Å². The summed E-state index contributed by atoms with van der Waals surface area (Å²) in [5.41, 5.74) is -1.69. The van der Waals surface area contributed by atoms with Crippen LogP contribution in [0.3, 0.4) is 0 Å². The lowest BCUT2D eigenvalue weighted by molar-refractivity contribution is -0.363. The van der Waals surface area contributed by atoms with Crippen LogP contribution >= 0.6 is 0 Å². The number of hydrogen-bond donors (Lipinski definition) is 3. The van der Waals surface area contributed by atoms with Crippen molar-refractivity contribution >= 4 is 11.9 Å². The molecule has 4 spiro atoms. The van der Waals surface area contributed by atoms with Gasteiger partial charge in [-0.15, -0.1) is 5.92 Å². The summed E-state index contributed by atoms with van der Waals surface area (Å²) in [4.78, 5) is 26.1. The molecule has 1 heterocycles. The molecule has 388 valence electrons. The zero-order chi connectivity index (χ0) is 50.2. The Bertz CT molecular complexity index is 2460. The second-order valence-corrected chi connectivity index (χ2v) is 26.8. The minimum Gasteiger partial charge on any atom is -0.462 e. The van der Waals surface area contributed by atoms with Crippen molar-refractivity contribution in [3.8, 4) is 11.8 Å². The van der Waals surface area contributed by atoms with E-state index in [2.05, 4.69) is 93.3 Å². The van der Waals surface area contributed by atoms with Crippen LogP contribution in [0.15, 0.2) is 84.5 Å². The van der Waals surface area contributed by atoms with Gasteiger partial charge in [0.05, 0.1) is 22.7 Å². The topological polar surface area (TPSA) is 113 Å². The number of aliphatic hydroxyl groups is 3. The number of cyclic esters (lactones) is 1. The van der Waals surface area contributed by atoms with Crippen LogP contribution in [-0.4, -0.2) is 57.3 Å². The van der Waals surface area contributed by atoms with Crippen LogP contribution in [0.4, 0.5) is 0 Å². The van der Waals surface area contributed by atoms with Gasteiger partial charge in [0.15, 0.2) is 0 Å². The fraction of sp³-hybridized carbons (Fsp3) is 0.692. The van der Waals surface area contributed by atoms with Crippen LogP contribution in [0.2, 0.25) is 0 Å². The molecule has 6 bridgehead atoms. The van der Waals surface area contributed by atoms with Crippen molar-refractivity contribution in [3.05, 3.63) is 95.6 Å². The molecule has 2 aromatic rings. The van der Waals surface area contributed by atoms with Crippen molar-refractivity contribution in [3.63, 3.8) is 0 Å². The molecular weight excluding hydrogens is 893 g/mol. The molecule has 15 atom stereocenters. The fourth-order valence-electron chi connectivity index (χ4n) is 20.0. The number of ether oxygens (including phenoxy) is 2. The highest BCUT2D eigenvalue weighted by Gasteiger charge is 2.82. The predicted octanol–water partition coefficient (Wildman–Crippen LogP) is 12.6. The zero-order valence-corrected chi connectivity index (χ0v) is 44.3. The lowest BCUT2D eigenvalue weighted by Gasteiger charge is -2.76. The summed E-state index contributed by atoms with van der Waals surface area (Å²) in [5.74, 6) is 8.64. The SMILES string of the molecule is CC(=O)O[C@@H]1C[C@]2(C)C=C[C@@](O)(CC[C@H](C)CCCc3ccccc3)[C@@]3([C@@H](O)CC[C@@](C)([C@@H]4CC[C@]56C[C@@H](CCc7ccccc7)[C@]7(C[C@H](CC#C[C@@H]4C5)C4(CCCC4)C7)C6)[C@H]13)[C@@]2(O)CCC1=CC(=O)OC1. The Hall–Kier alpha value is -3.70. The fourth-order valence-corrected chi connectivity index (χ4v) is 20.0. The van der Waals surface area contributed by atoms with E-state index in [-0.39, 0.29) is 48.1 Å². The van der Waals surface area contributed by atoms with E-state index in [1.54, 1.807) is 6.08 Å². The van der Waals surface area contributed by atoms with E-state index in [1.165, 1.54) is 75.8 Å². The number of rotatable bonds is 15. The summed E-state index contributed by atoms with van der Waals surface area (Å²) in [5, 5.41) is 41.9. The predicted molar refractivity (Wildman–Crippen MR) is 282 cm³/mol. The smallest absolute Gasteiger partial charge is 0.331 e. The maximum Gasteiger partial charge on any atom is 0.331 e. The number of fused-ring (bicyclic) bond motifs is 4. The van der Waals surface area contributed by atoms with E-state index in [1.807, 2.05) is 12.2 Å². The van der Waals surface area contributed by atoms with Crippen molar-refractivity contribution in [1.82, 2.24) is 0 Å². The highest BCUT2D eigenvalue weighted by molar-refractivity contribution is 5.85. The first kappa shape index (κ1) is 50.5. The third-order valence-corrected chi connectivity index (χ3v) is 22.9. The molecule has 3 N–H and O–H groups in total. The van der Waals surface area contributed by atoms with E-state index in [4.69, 9.17) is 9.47 Å². The van der Waals surface area contributed by atoms with E-state index in [9.17, 15) is 24.9 Å². The highest BCUT2D eigenvalue weighted by Crippen LogP contribution is 2.78. The van der Waals surface area contributed by atoms with Gasteiger partial charge < -0.3 is 24.8 Å². The van der Waals surface area contributed by atoms with Gasteiger partial charge in [-0.2, -0.15) is 0 Å². The Kier molecular flexibility index (Phi) is 13.2. The maximum absolute atomic E-state index is 14.4. The molecule has 9 aliphatic rings. The molecule has 1 aliphatic heterocycles. The Morgan fingerprint density at radius 1 is 0.833 bits per heavy atom. The number of hydrogen-bond acceptors (Lipinski definition) is 7. The van der Waals surface area contributed by atoms with Gasteiger partial charge in [0, 0.05) is 36.7 Å². The first-order chi connectivity index (χ1) is 34.5. The molecule has 8 aliphatic carbocycles. The van der Waals surface area contributed by atoms with Gasteiger partial charge in [-0.3, -0.25) is 4.79 Å². The number of benzene rings is 2. The molecule has 0 unspecified atom stereocenters. The number of esters is 2. The molecule has 7 nitrogen and oxygen atoms in total. The number of aryl methyl sites for hydroxylation is 2. The summed E-state index contributed by atoms with van der Waals surface area (Å²) in [6.07, 6.45) is 27.3. The van der Waals surface area contributed by atoms with Crippen LogP contribution in [0.1, 0.15) is 180 Å². The monoisotopic (exact) mass is 979 g/mol. The van der Waals surface area contributed by atoms with Crippen molar-refractivity contribution in [2.45, 2.75) is 205 Å². The molecular formula is C65H86O7. The summed E-state index contributed by atoms with van der Waals surface area (Å²) >= 11 is 0. The van der Waals surface area contributed by atoms with Gasteiger partial charge >= 0.3 is 11.9 Å². The molecule has 0 amide bonds. The van der Waals surface area contributed by atoms with Crippen LogP contribution in [0, 0.1) is 79.8 Å². The normalized spacial score (nSPS) is 42.5. The minimum absolute atomic E-state index is 0.112. The van der Waals surface area contributed by atoms with E-state index in [0.29, 0.717) is 61.2 Å². The van der Waals surface area contributed by atoms with Crippen LogP contribution in [0.25, 0.3) is 0 Å². The van der Waals surface area contributed by atoms with Gasteiger partial charge in [0.25, 0.3) is 0 Å². The third kappa shape index (κ3) is 8.23. The molecule has 0 radical (unpaired) electrons. The lowest BCUT2D eigenvalue weighted by Crippen LogP contribution is -2.83. The molecule has 0 saturated heterocycles. The quantitative estimate of drug-likeness (QED) is 0.0925. The second-order valence-electron chi connectivity index (χ2n) is 26.8. The van der Waals surface area contributed by atoms with Crippen molar-refractivity contribution < 1.29 is 34.4 Å². The average Bonchev–Trinajstić information content (AvgIpc) is 4.14.